The van der Waals surface area contributed by atoms with Gasteiger partial charge in [-0.25, -0.2) is 4.39 Å². The number of aromatic hydroxyl groups is 1. The second-order valence-corrected chi connectivity index (χ2v) is 3.56. The number of halogens is 1. The SMILES string of the molecule is COc1ccc(-c2cc(N)n(C)n2)c(F)c1O. The third kappa shape index (κ3) is 1.77. The molecule has 1 aromatic heterocycles. The number of methoxy groups -OCH3 is 1. The number of ether oxygens (including phenoxy) is 1. The second kappa shape index (κ2) is 3.97. The van der Waals surface area contributed by atoms with Gasteiger partial charge in [-0.3, -0.25) is 4.68 Å². The molecule has 1 aromatic carbocycles. The van der Waals surface area contributed by atoms with E-state index >= 15 is 0 Å². The van der Waals surface area contributed by atoms with E-state index in [2.05, 4.69) is 5.10 Å². The van der Waals surface area contributed by atoms with Crippen LogP contribution in [0.5, 0.6) is 11.5 Å². The number of nitrogen functional groups attached to an aromatic ring is 1. The lowest BCUT2D eigenvalue weighted by Crippen LogP contribution is -1.96. The van der Waals surface area contributed by atoms with Gasteiger partial charge >= 0.3 is 0 Å². The molecule has 0 spiro atoms. The largest absolute Gasteiger partial charge is 0.502 e. The molecule has 90 valence electrons. The Balaban J connectivity index is 2.57. The molecule has 0 amide bonds. The third-order valence-electron chi connectivity index (χ3n) is 2.49. The second-order valence-electron chi connectivity index (χ2n) is 3.56. The number of hydrogen-bond acceptors (Lipinski definition) is 4. The van der Waals surface area contributed by atoms with E-state index in [-0.39, 0.29) is 11.3 Å². The maximum atomic E-state index is 13.9. The zero-order valence-electron chi connectivity index (χ0n) is 9.44. The summed E-state index contributed by atoms with van der Waals surface area (Å²) in [5.41, 5.74) is 6.15. The molecule has 0 bridgehead atoms. The Bertz CT molecular complexity index is 547. The number of rotatable bonds is 2. The number of phenolic OH excluding ortho intramolecular Hbond substituents is 1. The molecule has 0 aliphatic rings. The number of hydrogen-bond donors (Lipinski definition) is 2. The average molecular weight is 237 g/mol. The van der Waals surface area contributed by atoms with Crippen LogP contribution < -0.4 is 10.5 Å². The zero-order valence-corrected chi connectivity index (χ0v) is 9.44. The minimum Gasteiger partial charge on any atom is -0.502 e. The van der Waals surface area contributed by atoms with Crippen molar-refractivity contribution in [1.82, 2.24) is 9.78 Å². The lowest BCUT2D eigenvalue weighted by Gasteiger charge is -2.06. The molecule has 0 aliphatic heterocycles. The Morgan fingerprint density at radius 2 is 2.18 bits per heavy atom. The molecule has 0 aliphatic carbocycles. The first-order valence-corrected chi connectivity index (χ1v) is 4.90. The Hall–Kier alpha value is -2.24. The van der Waals surface area contributed by atoms with Crippen molar-refractivity contribution in [2.75, 3.05) is 12.8 Å². The minimum absolute atomic E-state index is 0.0788. The van der Waals surface area contributed by atoms with Crippen molar-refractivity contribution in [2.24, 2.45) is 7.05 Å². The first kappa shape index (κ1) is 11.3. The standard InChI is InChI=1S/C11H12FN3O2/c1-15-9(13)5-7(14-15)6-3-4-8(17-2)11(16)10(6)12/h3-5,16H,13H2,1-2H3. The highest BCUT2D eigenvalue weighted by molar-refractivity contribution is 5.67. The van der Waals surface area contributed by atoms with E-state index < -0.39 is 11.6 Å². The van der Waals surface area contributed by atoms with E-state index in [0.717, 1.165) is 0 Å². The Labute approximate surface area is 97.2 Å². The van der Waals surface area contributed by atoms with Crippen molar-refractivity contribution in [1.29, 1.82) is 0 Å². The van der Waals surface area contributed by atoms with Crippen molar-refractivity contribution in [3.05, 3.63) is 24.0 Å². The van der Waals surface area contributed by atoms with Crippen LogP contribution in [0.15, 0.2) is 18.2 Å². The smallest absolute Gasteiger partial charge is 0.194 e. The summed E-state index contributed by atoms with van der Waals surface area (Å²) in [6, 6.07) is 4.48. The number of benzene rings is 1. The van der Waals surface area contributed by atoms with Crippen LogP contribution in [0.4, 0.5) is 10.2 Å². The number of phenols is 1. The summed E-state index contributed by atoms with van der Waals surface area (Å²) >= 11 is 0. The molecule has 6 heteroatoms. The summed E-state index contributed by atoms with van der Waals surface area (Å²) in [7, 11) is 3.01. The van der Waals surface area contributed by atoms with E-state index in [9.17, 15) is 9.50 Å². The highest BCUT2D eigenvalue weighted by atomic mass is 19.1. The number of nitrogens with two attached hydrogens (primary N) is 1. The fourth-order valence-corrected chi connectivity index (χ4v) is 1.52. The normalized spacial score (nSPS) is 10.5. The molecule has 2 aromatic rings. The maximum absolute atomic E-state index is 13.9. The van der Waals surface area contributed by atoms with Crippen LogP contribution >= 0.6 is 0 Å². The van der Waals surface area contributed by atoms with Crippen LogP contribution in [0.3, 0.4) is 0 Å². The molecule has 1 heterocycles. The van der Waals surface area contributed by atoms with Gasteiger partial charge in [0.1, 0.15) is 5.82 Å². The lowest BCUT2D eigenvalue weighted by molar-refractivity contribution is 0.357. The molecular weight excluding hydrogens is 225 g/mol. The van der Waals surface area contributed by atoms with E-state index in [1.54, 1.807) is 7.05 Å². The summed E-state index contributed by atoms with van der Waals surface area (Å²) in [5, 5.41) is 13.6. The van der Waals surface area contributed by atoms with Crippen LogP contribution in [0.25, 0.3) is 11.3 Å². The molecule has 2 rings (SSSR count). The topological polar surface area (TPSA) is 73.3 Å². The van der Waals surface area contributed by atoms with Crippen molar-refractivity contribution < 1.29 is 14.2 Å². The van der Waals surface area contributed by atoms with Crippen LogP contribution in [-0.2, 0) is 7.05 Å². The monoisotopic (exact) mass is 237 g/mol. The van der Waals surface area contributed by atoms with Gasteiger partial charge in [0.05, 0.1) is 12.8 Å². The molecule has 0 unspecified atom stereocenters. The molecule has 5 nitrogen and oxygen atoms in total. The number of aryl methyl sites for hydroxylation is 1. The molecule has 0 fully saturated rings. The third-order valence-corrected chi connectivity index (χ3v) is 2.49. The first-order valence-electron chi connectivity index (χ1n) is 4.90. The van der Waals surface area contributed by atoms with Gasteiger partial charge < -0.3 is 15.6 Å². The highest BCUT2D eigenvalue weighted by Gasteiger charge is 2.16. The van der Waals surface area contributed by atoms with Gasteiger partial charge in [-0.2, -0.15) is 5.10 Å². The number of aromatic nitrogens is 2. The molecule has 0 saturated heterocycles. The van der Waals surface area contributed by atoms with Crippen molar-refractivity contribution in [3.8, 4) is 22.8 Å². The van der Waals surface area contributed by atoms with E-state index in [0.29, 0.717) is 11.5 Å². The van der Waals surface area contributed by atoms with Gasteiger partial charge in [0.15, 0.2) is 17.3 Å². The Kier molecular flexibility index (Phi) is 2.63. The van der Waals surface area contributed by atoms with Crippen molar-refractivity contribution >= 4 is 5.82 Å². The predicted molar refractivity (Wildman–Crippen MR) is 61.2 cm³/mol. The van der Waals surface area contributed by atoms with Crippen molar-refractivity contribution in [3.63, 3.8) is 0 Å². The number of nitrogens with zero attached hydrogens (tertiary/aromatic N) is 2. The van der Waals surface area contributed by atoms with Crippen LogP contribution in [0.2, 0.25) is 0 Å². The molecule has 0 radical (unpaired) electrons. The van der Waals surface area contributed by atoms with Crippen molar-refractivity contribution in [2.45, 2.75) is 0 Å². The average Bonchev–Trinajstić information content (AvgIpc) is 2.63. The molecule has 17 heavy (non-hydrogen) atoms. The summed E-state index contributed by atoms with van der Waals surface area (Å²) in [6.45, 7) is 0. The van der Waals surface area contributed by atoms with Gasteiger partial charge in [-0.1, -0.05) is 0 Å². The zero-order chi connectivity index (χ0) is 12.6. The molecule has 0 atom stereocenters. The first-order chi connectivity index (χ1) is 8.04. The van der Waals surface area contributed by atoms with E-state index in [4.69, 9.17) is 10.5 Å². The van der Waals surface area contributed by atoms with Crippen LogP contribution in [0.1, 0.15) is 0 Å². The van der Waals surface area contributed by atoms with Gasteiger partial charge in [0.2, 0.25) is 0 Å². The quantitative estimate of drug-likeness (QED) is 0.830. The van der Waals surface area contributed by atoms with Gasteiger partial charge in [0.25, 0.3) is 0 Å². The summed E-state index contributed by atoms with van der Waals surface area (Å²) in [5.74, 6) is -0.818. The van der Waals surface area contributed by atoms with Crippen LogP contribution in [-0.4, -0.2) is 22.0 Å². The fraction of sp³-hybridized carbons (Fsp3) is 0.182. The van der Waals surface area contributed by atoms with Crippen LogP contribution in [0, 0.1) is 5.82 Å². The summed E-state index contributed by atoms with van der Waals surface area (Å²) in [6.07, 6.45) is 0. The molecular formula is C11H12FN3O2. The molecule has 0 saturated carbocycles. The summed E-state index contributed by atoms with van der Waals surface area (Å²) < 4.78 is 20.1. The van der Waals surface area contributed by atoms with E-state index in [1.807, 2.05) is 0 Å². The predicted octanol–water partition coefficient (Wildman–Crippen LogP) is 1.52. The van der Waals surface area contributed by atoms with Gasteiger partial charge in [0, 0.05) is 18.7 Å². The lowest BCUT2D eigenvalue weighted by atomic mass is 10.1. The Morgan fingerprint density at radius 1 is 1.47 bits per heavy atom. The van der Waals surface area contributed by atoms with Gasteiger partial charge in [-0.05, 0) is 12.1 Å². The Morgan fingerprint density at radius 3 is 2.71 bits per heavy atom. The maximum Gasteiger partial charge on any atom is 0.194 e. The fourth-order valence-electron chi connectivity index (χ4n) is 1.52. The highest BCUT2D eigenvalue weighted by Crippen LogP contribution is 2.35. The molecule has 3 N–H and O–H groups in total. The minimum atomic E-state index is -0.776. The summed E-state index contributed by atoms with van der Waals surface area (Å²) in [4.78, 5) is 0. The van der Waals surface area contributed by atoms with E-state index in [1.165, 1.54) is 30.0 Å². The number of anilines is 1. The van der Waals surface area contributed by atoms with Gasteiger partial charge in [-0.15, -0.1) is 0 Å².